The van der Waals surface area contributed by atoms with Crippen LogP contribution in [0, 0.1) is 13.8 Å². The first-order chi connectivity index (χ1) is 6.65. The summed E-state index contributed by atoms with van der Waals surface area (Å²) in [6, 6.07) is 1.97. The minimum Gasteiger partial charge on any atom is -0.464 e. The van der Waals surface area contributed by atoms with E-state index in [2.05, 4.69) is 0 Å². The van der Waals surface area contributed by atoms with Crippen molar-refractivity contribution in [1.29, 1.82) is 0 Å². The van der Waals surface area contributed by atoms with Gasteiger partial charge in [-0.15, -0.1) is 0 Å². The van der Waals surface area contributed by atoms with E-state index in [1.165, 1.54) is 0 Å². The summed E-state index contributed by atoms with van der Waals surface area (Å²) in [7, 11) is 0. The summed E-state index contributed by atoms with van der Waals surface area (Å²) in [5.74, 6) is 1.80. The summed E-state index contributed by atoms with van der Waals surface area (Å²) < 4.78 is 5.52. The van der Waals surface area contributed by atoms with Gasteiger partial charge in [0, 0.05) is 6.61 Å². The Kier molecular flexibility index (Phi) is 4.17. The highest BCUT2D eigenvalue weighted by Gasteiger charge is 2.11. The molecule has 1 aromatic heterocycles. The molecule has 0 aliphatic heterocycles. The zero-order valence-electron chi connectivity index (χ0n) is 8.92. The molecular formula is C11H19NO2. The van der Waals surface area contributed by atoms with Gasteiger partial charge in [0.15, 0.2) is 0 Å². The first-order valence-electron chi connectivity index (χ1n) is 5.08. The van der Waals surface area contributed by atoms with E-state index in [1.807, 2.05) is 19.9 Å². The molecule has 1 heterocycles. The van der Waals surface area contributed by atoms with Crippen LogP contribution in [0.4, 0.5) is 0 Å². The van der Waals surface area contributed by atoms with Crippen LogP contribution in [0.2, 0.25) is 0 Å². The van der Waals surface area contributed by atoms with Crippen LogP contribution in [-0.2, 0) is 0 Å². The fraction of sp³-hybridized carbons (Fsp3) is 0.636. The zero-order valence-corrected chi connectivity index (χ0v) is 8.92. The molecule has 1 atom stereocenters. The van der Waals surface area contributed by atoms with Gasteiger partial charge in [0.25, 0.3) is 0 Å². The summed E-state index contributed by atoms with van der Waals surface area (Å²) in [6.07, 6.45) is 2.62. The van der Waals surface area contributed by atoms with Crippen molar-refractivity contribution in [3.8, 4) is 0 Å². The molecule has 0 aliphatic rings. The number of hydrogen-bond acceptors (Lipinski definition) is 3. The molecule has 0 amide bonds. The number of unbranched alkanes of at least 4 members (excludes halogenated alkanes) is 1. The number of rotatable bonds is 5. The number of hydrogen-bond donors (Lipinski definition) is 2. The monoisotopic (exact) mass is 197 g/mol. The molecule has 3 heteroatoms. The van der Waals surface area contributed by atoms with Crippen LogP contribution < -0.4 is 5.73 Å². The van der Waals surface area contributed by atoms with Gasteiger partial charge >= 0.3 is 0 Å². The van der Waals surface area contributed by atoms with E-state index in [0.717, 1.165) is 36.3 Å². The molecule has 0 saturated carbocycles. The Balaban J connectivity index is 2.47. The summed E-state index contributed by atoms with van der Waals surface area (Å²) in [4.78, 5) is 0. The molecule has 0 radical (unpaired) electrons. The van der Waals surface area contributed by atoms with Crippen molar-refractivity contribution < 1.29 is 9.52 Å². The third kappa shape index (κ3) is 2.86. The first-order valence-corrected chi connectivity index (χ1v) is 5.08. The number of aliphatic hydroxyl groups is 1. The molecule has 80 valence electrons. The lowest BCUT2D eigenvalue weighted by atomic mass is 10.1. The van der Waals surface area contributed by atoms with Crippen LogP contribution in [0.1, 0.15) is 42.4 Å². The van der Waals surface area contributed by atoms with Crippen molar-refractivity contribution in [1.82, 2.24) is 0 Å². The molecule has 0 unspecified atom stereocenters. The van der Waals surface area contributed by atoms with Crippen molar-refractivity contribution in [2.24, 2.45) is 5.73 Å². The maximum absolute atomic E-state index is 8.63. The van der Waals surface area contributed by atoms with E-state index in [9.17, 15) is 0 Å². The number of nitrogens with two attached hydrogens (primary N) is 1. The Labute approximate surface area is 84.9 Å². The molecule has 0 fully saturated rings. The van der Waals surface area contributed by atoms with Crippen molar-refractivity contribution in [3.05, 3.63) is 23.2 Å². The lowest BCUT2D eigenvalue weighted by Gasteiger charge is -2.07. The summed E-state index contributed by atoms with van der Waals surface area (Å²) >= 11 is 0. The average Bonchev–Trinajstić information content (AvgIpc) is 2.47. The topological polar surface area (TPSA) is 59.4 Å². The standard InChI is InChI=1S/C11H19NO2/c1-8-7-11(14-9(8)2)10(12)5-3-4-6-13/h7,10,13H,3-6,12H2,1-2H3/t10-/m1/s1. The van der Waals surface area contributed by atoms with Gasteiger partial charge in [-0.25, -0.2) is 0 Å². The lowest BCUT2D eigenvalue weighted by Crippen LogP contribution is -2.09. The van der Waals surface area contributed by atoms with Crippen LogP contribution in [0.5, 0.6) is 0 Å². The van der Waals surface area contributed by atoms with E-state index in [4.69, 9.17) is 15.3 Å². The molecular weight excluding hydrogens is 178 g/mol. The van der Waals surface area contributed by atoms with Crippen LogP contribution >= 0.6 is 0 Å². The van der Waals surface area contributed by atoms with Crippen LogP contribution in [0.3, 0.4) is 0 Å². The van der Waals surface area contributed by atoms with Gasteiger partial charge < -0.3 is 15.3 Å². The Bertz CT molecular complexity index is 261. The van der Waals surface area contributed by atoms with Gasteiger partial charge in [-0.05, 0) is 44.7 Å². The van der Waals surface area contributed by atoms with Gasteiger partial charge in [-0.3, -0.25) is 0 Å². The van der Waals surface area contributed by atoms with E-state index in [1.54, 1.807) is 0 Å². The van der Waals surface area contributed by atoms with Gasteiger partial charge in [0.1, 0.15) is 11.5 Å². The van der Waals surface area contributed by atoms with Crippen LogP contribution in [-0.4, -0.2) is 11.7 Å². The van der Waals surface area contributed by atoms with Crippen molar-refractivity contribution in [3.63, 3.8) is 0 Å². The predicted octanol–water partition coefficient (Wildman–Crippen LogP) is 2.06. The number of aryl methyl sites for hydroxylation is 2. The minimum absolute atomic E-state index is 0.0334. The highest BCUT2D eigenvalue weighted by molar-refractivity contribution is 5.20. The van der Waals surface area contributed by atoms with Crippen LogP contribution in [0.15, 0.2) is 10.5 Å². The summed E-state index contributed by atoms with van der Waals surface area (Å²) in [5, 5.41) is 8.63. The highest BCUT2D eigenvalue weighted by atomic mass is 16.3. The zero-order chi connectivity index (χ0) is 10.6. The lowest BCUT2D eigenvalue weighted by molar-refractivity contribution is 0.279. The molecule has 0 spiro atoms. The highest BCUT2D eigenvalue weighted by Crippen LogP contribution is 2.21. The largest absolute Gasteiger partial charge is 0.464 e. The maximum atomic E-state index is 8.63. The van der Waals surface area contributed by atoms with E-state index < -0.39 is 0 Å². The van der Waals surface area contributed by atoms with Crippen molar-refractivity contribution in [2.75, 3.05) is 6.61 Å². The summed E-state index contributed by atoms with van der Waals surface area (Å²) in [6.45, 7) is 4.20. The Morgan fingerprint density at radius 1 is 1.43 bits per heavy atom. The minimum atomic E-state index is -0.0334. The normalized spacial score (nSPS) is 13.1. The molecule has 0 aromatic carbocycles. The van der Waals surface area contributed by atoms with Gasteiger partial charge in [-0.2, -0.15) is 0 Å². The molecule has 0 saturated heterocycles. The van der Waals surface area contributed by atoms with Crippen molar-refractivity contribution in [2.45, 2.75) is 39.2 Å². The average molecular weight is 197 g/mol. The van der Waals surface area contributed by atoms with Gasteiger partial charge in [-0.1, -0.05) is 0 Å². The quantitative estimate of drug-likeness (QED) is 0.710. The van der Waals surface area contributed by atoms with E-state index in [-0.39, 0.29) is 12.6 Å². The van der Waals surface area contributed by atoms with Gasteiger partial charge in [0.2, 0.25) is 0 Å². The maximum Gasteiger partial charge on any atom is 0.121 e. The molecule has 0 bridgehead atoms. The predicted molar refractivity (Wildman–Crippen MR) is 56.0 cm³/mol. The second-order valence-corrected chi connectivity index (χ2v) is 3.71. The fourth-order valence-electron chi connectivity index (χ4n) is 1.40. The molecule has 1 aromatic rings. The molecule has 3 nitrogen and oxygen atoms in total. The third-order valence-electron chi connectivity index (χ3n) is 2.47. The second kappa shape index (κ2) is 5.17. The Morgan fingerprint density at radius 3 is 2.64 bits per heavy atom. The third-order valence-corrected chi connectivity index (χ3v) is 2.47. The molecule has 3 N–H and O–H groups in total. The Hall–Kier alpha value is -0.800. The number of aliphatic hydroxyl groups excluding tert-OH is 1. The van der Waals surface area contributed by atoms with Crippen molar-refractivity contribution >= 4 is 0 Å². The van der Waals surface area contributed by atoms with E-state index >= 15 is 0 Å². The molecule has 14 heavy (non-hydrogen) atoms. The van der Waals surface area contributed by atoms with Gasteiger partial charge in [0.05, 0.1) is 6.04 Å². The molecule has 1 rings (SSSR count). The van der Waals surface area contributed by atoms with E-state index in [0.29, 0.717) is 0 Å². The first kappa shape index (κ1) is 11.3. The smallest absolute Gasteiger partial charge is 0.121 e. The number of furan rings is 1. The fourth-order valence-corrected chi connectivity index (χ4v) is 1.40. The Morgan fingerprint density at radius 2 is 2.14 bits per heavy atom. The summed E-state index contributed by atoms with van der Waals surface area (Å²) in [5.41, 5.74) is 7.09. The van der Waals surface area contributed by atoms with Crippen LogP contribution in [0.25, 0.3) is 0 Å². The second-order valence-electron chi connectivity index (χ2n) is 3.71. The molecule has 0 aliphatic carbocycles. The SMILES string of the molecule is Cc1cc([C@H](N)CCCCO)oc1C.